The highest BCUT2D eigenvalue weighted by atomic mass is 35.5. The van der Waals surface area contributed by atoms with E-state index in [9.17, 15) is 9.59 Å². The molecular weight excluding hydrogens is 398 g/mol. The number of nitrogens with one attached hydrogen (secondary N) is 2. The summed E-state index contributed by atoms with van der Waals surface area (Å²) in [5.41, 5.74) is 0.863. The molecule has 1 heterocycles. The minimum Gasteiger partial charge on any atom is -0.335 e. The molecule has 3 rings (SSSR count). The molecule has 0 aliphatic heterocycles. The Morgan fingerprint density at radius 2 is 2.07 bits per heavy atom. The van der Waals surface area contributed by atoms with Crippen LogP contribution in [0.15, 0.2) is 29.4 Å². The van der Waals surface area contributed by atoms with Gasteiger partial charge in [0.2, 0.25) is 5.91 Å². The van der Waals surface area contributed by atoms with Crippen molar-refractivity contribution in [2.75, 3.05) is 0 Å². The van der Waals surface area contributed by atoms with E-state index in [0.29, 0.717) is 22.5 Å². The number of nitrogens with zero attached hydrogens (tertiary/aromatic N) is 3. The molecule has 0 unspecified atom stereocenters. The summed E-state index contributed by atoms with van der Waals surface area (Å²) in [7, 11) is 0. The van der Waals surface area contributed by atoms with Crippen molar-refractivity contribution in [2.24, 2.45) is 0 Å². The summed E-state index contributed by atoms with van der Waals surface area (Å²) in [5.74, 6) is 0.342. The molecule has 28 heavy (non-hydrogen) atoms. The maximum absolute atomic E-state index is 12.4. The van der Waals surface area contributed by atoms with E-state index < -0.39 is 11.3 Å². The van der Waals surface area contributed by atoms with Crippen LogP contribution in [0.3, 0.4) is 0 Å². The van der Waals surface area contributed by atoms with Gasteiger partial charge in [-0.05, 0) is 38.8 Å². The molecule has 0 bridgehead atoms. The number of halogens is 1. The molecule has 9 heteroatoms. The van der Waals surface area contributed by atoms with Crippen molar-refractivity contribution in [3.8, 4) is 11.4 Å². The Morgan fingerprint density at radius 1 is 1.32 bits per heavy atom. The number of amides is 3. The van der Waals surface area contributed by atoms with E-state index in [1.165, 1.54) is 11.8 Å². The van der Waals surface area contributed by atoms with Crippen molar-refractivity contribution < 1.29 is 9.59 Å². The first-order valence-corrected chi connectivity index (χ1v) is 10.7. The van der Waals surface area contributed by atoms with E-state index in [1.807, 2.05) is 29.7 Å². The third kappa shape index (κ3) is 5.05. The van der Waals surface area contributed by atoms with E-state index in [0.717, 1.165) is 31.2 Å². The van der Waals surface area contributed by atoms with Gasteiger partial charge in [0.1, 0.15) is 0 Å². The molecule has 1 fully saturated rings. The fraction of sp³-hybridized carbons (Fsp3) is 0.474. The second kappa shape index (κ2) is 9.43. The fourth-order valence-corrected chi connectivity index (χ4v) is 4.32. The highest BCUT2D eigenvalue weighted by Gasteiger charge is 2.23. The van der Waals surface area contributed by atoms with Crippen LogP contribution in [0.5, 0.6) is 0 Å². The first kappa shape index (κ1) is 20.7. The van der Waals surface area contributed by atoms with Crippen molar-refractivity contribution >= 4 is 35.3 Å². The van der Waals surface area contributed by atoms with Crippen molar-refractivity contribution in [1.82, 2.24) is 25.4 Å². The van der Waals surface area contributed by atoms with Crippen LogP contribution in [-0.2, 0) is 11.3 Å². The number of urea groups is 1. The summed E-state index contributed by atoms with van der Waals surface area (Å²) >= 11 is 7.35. The Morgan fingerprint density at radius 3 is 2.75 bits per heavy atom. The number of carbonyl (C=O) groups excluding carboxylic acids is 2. The lowest BCUT2D eigenvalue weighted by molar-refractivity contribution is -0.119. The maximum atomic E-state index is 12.4. The van der Waals surface area contributed by atoms with Crippen molar-refractivity contribution in [3.05, 3.63) is 29.3 Å². The molecule has 2 N–H and O–H groups in total. The molecule has 2 aromatic rings. The Labute approximate surface area is 173 Å². The summed E-state index contributed by atoms with van der Waals surface area (Å²) in [6.07, 6.45) is 4.18. The van der Waals surface area contributed by atoms with Crippen molar-refractivity contribution in [2.45, 2.75) is 62.5 Å². The minimum atomic E-state index is -0.490. The van der Waals surface area contributed by atoms with Crippen LogP contribution in [0, 0.1) is 0 Å². The predicted molar refractivity (Wildman–Crippen MR) is 110 cm³/mol. The van der Waals surface area contributed by atoms with E-state index in [1.54, 1.807) is 13.0 Å². The lowest BCUT2D eigenvalue weighted by atomic mass is 10.2. The molecule has 1 aliphatic rings. The van der Waals surface area contributed by atoms with Crippen LogP contribution in [-0.4, -0.2) is 38.0 Å². The van der Waals surface area contributed by atoms with Gasteiger partial charge in [0.05, 0.1) is 5.25 Å². The molecule has 0 radical (unpaired) electrons. The number of hydrogen-bond donors (Lipinski definition) is 2. The smallest absolute Gasteiger partial charge is 0.321 e. The lowest BCUT2D eigenvalue weighted by Gasteiger charge is -2.15. The number of hydrogen-bond acceptors (Lipinski definition) is 5. The molecule has 0 spiro atoms. The monoisotopic (exact) mass is 421 g/mol. The van der Waals surface area contributed by atoms with Crippen LogP contribution in [0.1, 0.15) is 39.5 Å². The number of thioether (sulfide) groups is 1. The third-order valence-corrected chi connectivity index (χ3v) is 6.01. The Bertz CT molecular complexity index is 851. The Hall–Kier alpha value is -2.06. The Balaban J connectivity index is 1.64. The van der Waals surface area contributed by atoms with E-state index >= 15 is 0 Å². The second-order valence-electron chi connectivity index (χ2n) is 6.76. The van der Waals surface area contributed by atoms with Crippen molar-refractivity contribution in [1.29, 1.82) is 0 Å². The molecule has 150 valence electrons. The van der Waals surface area contributed by atoms with Crippen LogP contribution in [0.4, 0.5) is 4.79 Å². The predicted octanol–water partition coefficient (Wildman–Crippen LogP) is 3.87. The van der Waals surface area contributed by atoms with Gasteiger partial charge in [-0.15, -0.1) is 10.2 Å². The van der Waals surface area contributed by atoms with Crippen LogP contribution in [0.25, 0.3) is 11.4 Å². The van der Waals surface area contributed by atoms with Gasteiger partial charge in [-0.3, -0.25) is 10.1 Å². The van der Waals surface area contributed by atoms with Crippen LogP contribution in [0.2, 0.25) is 5.02 Å². The molecule has 7 nitrogen and oxygen atoms in total. The summed E-state index contributed by atoms with van der Waals surface area (Å²) in [5, 5.41) is 14.5. The van der Waals surface area contributed by atoms with Crippen molar-refractivity contribution in [3.63, 3.8) is 0 Å². The Kier molecular flexibility index (Phi) is 6.96. The molecule has 3 amide bonds. The zero-order valence-electron chi connectivity index (χ0n) is 15.9. The largest absolute Gasteiger partial charge is 0.335 e. The minimum absolute atomic E-state index is 0.166. The molecule has 1 saturated carbocycles. The van der Waals surface area contributed by atoms with Gasteiger partial charge in [0.15, 0.2) is 11.0 Å². The fourth-order valence-electron chi connectivity index (χ4n) is 3.22. The number of benzene rings is 1. The molecule has 1 aromatic heterocycles. The molecule has 0 saturated heterocycles. The average molecular weight is 422 g/mol. The highest BCUT2D eigenvalue weighted by molar-refractivity contribution is 8.00. The summed E-state index contributed by atoms with van der Waals surface area (Å²) in [6, 6.07) is 7.14. The van der Waals surface area contributed by atoms with Gasteiger partial charge >= 0.3 is 6.03 Å². The van der Waals surface area contributed by atoms with Gasteiger partial charge in [-0.25, -0.2) is 4.79 Å². The molecule has 1 atom stereocenters. The quantitative estimate of drug-likeness (QED) is 0.691. The van der Waals surface area contributed by atoms with Gasteiger partial charge in [-0.1, -0.05) is 48.3 Å². The first-order chi connectivity index (χ1) is 13.5. The number of carbonyl (C=O) groups is 2. The van der Waals surface area contributed by atoms with E-state index in [4.69, 9.17) is 11.6 Å². The standard InChI is InChI=1S/C19H24ClN5O2S/c1-3-25-16(13-7-6-8-14(20)11-13)23-24-19(25)28-12(2)17(26)22-18(27)21-15-9-4-5-10-15/h6-8,11-12,15H,3-5,9-10H2,1-2H3,(H2,21,22,26,27)/t12-/m1/s1. The lowest BCUT2D eigenvalue weighted by Crippen LogP contribution is -2.45. The van der Waals surface area contributed by atoms with Crippen LogP contribution >= 0.6 is 23.4 Å². The number of rotatable bonds is 6. The summed E-state index contributed by atoms with van der Waals surface area (Å²) in [4.78, 5) is 24.4. The van der Waals surface area contributed by atoms with Gasteiger partial charge in [0, 0.05) is 23.2 Å². The summed E-state index contributed by atoms with van der Waals surface area (Å²) in [6.45, 7) is 4.38. The van der Waals surface area contributed by atoms with E-state index in [-0.39, 0.29) is 11.9 Å². The highest BCUT2D eigenvalue weighted by Crippen LogP contribution is 2.28. The second-order valence-corrected chi connectivity index (χ2v) is 8.51. The summed E-state index contributed by atoms with van der Waals surface area (Å²) < 4.78 is 1.93. The van der Waals surface area contributed by atoms with Gasteiger partial charge in [-0.2, -0.15) is 0 Å². The van der Waals surface area contributed by atoms with Gasteiger partial charge in [0.25, 0.3) is 0 Å². The third-order valence-electron chi connectivity index (χ3n) is 4.69. The van der Waals surface area contributed by atoms with E-state index in [2.05, 4.69) is 20.8 Å². The zero-order chi connectivity index (χ0) is 20.1. The normalized spacial score (nSPS) is 15.4. The molecular formula is C19H24ClN5O2S. The van der Waals surface area contributed by atoms with Gasteiger partial charge < -0.3 is 9.88 Å². The topological polar surface area (TPSA) is 88.9 Å². The number of imide groups is 1. The maximum Gasteiger partial charge on any atom is 0.321 e. The molecule has 1 aliphatic carbocycles. The van der Waals surface area contributed by atoms with Crippen LogP contribution < -0.4 is 10.6 Å². The number of aromatic nitrogens is 3. The molecule has 1 aromatic carbocycles. The average Bonchev–Trinajstić information content (AvgIpc) is 3.31. The SMILES string of the molecule is CCn1c(S[C@H](C)C(=O)NC(=O)NC2CCCC2)nnc1-c1cccc(Cl)c1. The zero-order valence-corrected chi connectivity index (χ0v) is 17.5. The first-order valence-electron chi connectivity index (χ1n) is 9.45.